The van der Waals surface area contributed by atoms with E-state index >= 15 is 0 Å². The van der Waals surface area contributed by atoms with Gasteiger partial charge in [-0.25, -0.2) is 4.98 Å². The Morgan fingerprint density at radius 1 is 1.48 bits per heavy atom. The van der Waals surface area contributed by atoms with E-state index in [1.165, 1.54) is 6.07 Å². The van der Waals surface area contributed by atoms with Gasteiger partial charge in [-0.3, -0.25) is 14.9 Å². The third-order valence-corrected chi connectivity index (χ3v) is 2.84. The first-order valence-corrected chi connectivity index (χ1v) is 6.28. The van der Waals surface area contributed by atoms with Crippen molar-refractivity contribution in [2.45, 2.75) is 12.8 Å². The van der Waals surface area contributed by atoms with Gasteiger partial charge in [0.05, 0.1) is 4.92 Å². The molecular formula is C13H13FN4O3. The van der Waals surface area contributed by atoms with Crippen LogP contribution in [-0.2, 0) is 6.42 Å². The van der Waals surface area contributed by atoms with Crippen molar-refractivity contribution in [1.29, 1.82) is 0 Å². The summed E-state index contributed by atoms with van der Waals surface area (Å²) >= 11 is 0. The second-order valence-electron chi connectivity index (χ2n) is 4.32. The number of hydrogen-bond donors (Lipinski definition) is 2. The lowest BCUT2D eigenvalue weighted by atomic mass is 10.2. The lowest BCUT2D eigenvalue weighted by Gasteiger charge is -2.05. The molecule has 0 aliphatic heterocycles. The van der Waals surface area contributed by atoms with Gasteiger partial charge in [0.2, 0.25) is 5.82 Å². The first-order chi connectivity index (χ1) is 10.1. The normalized spacial score (nSPS) is 10.3. The molecule has 8 heteroatoms. The molecule has 1 heterocycles. The summed E-state index contributed by atoms with van der Waals surface area (Å²) in [4.78, 5) is 28.6. The third kappa shape index (κ3) is 3.85. The number of rotatable bonds is 6. The first-order valence-electron chi connectivity index (χ1n) is 6.28. The molecule has 0 unspecified atom stereocenters. The quantitative estimate of drug-likeness (QED) is 0.481. The number of hydrogen-bond acceptors (Lipinski definition) is 4. The second kappa shape index (κ2) is 6.60. The number of imidazole rings is 1. The number of nitro groups is 1. The zero-order chi connectivity index (χ0) is 15.2. The number of amides is 1. The minimum atomic E-state index is -0.964. The van der Waals surface area contributed by atoms with E-state index in [1.54, 1.807) is 12.4 Å². The highest BCUT2D eigenvalue weighted by Crippen LogP contribution is 2.18. The van der Waals surface area contributed by atoms with Gasteiger partial charge in [-0.15, -0.1) is 0 Å². The van der Waals surface area contributed by atoms with Crippen molar-refractivity contribution < 1.29 is 14.1 Å². The zero-order valence-corrected chi connectivity index (χ0v) is 11.0. The molecule has 2 rings (SSSR count). The first kappa shape index (κ1) is 14.6. The van der Waals surface area contributed by atoms with Crippen molar-refractivity contribution in [2.75, 3.05) is 6.54 Å². The van der Waals surface area contributed by atoms with Crippen molar-refractivity contribution >= 4 is 11.6 Å². The van der Waals surface area contributed by atoms with Crippen LogP contribution in [0.2, 0.25) is 0 Å². The molecule has 110 valence electrons. The maximum Gasteiger partial charge on any atom is 0.305 e. The zero-order valence-electron chi connectivity index (χ0n) is 11.0. The van der Waals surface area contributed by atoms with E-state index in [2.05, 4.69) is 15.3 Å². The molecule has 0 saturated carbocycles. The fourth-order valence-corrected chi connectivity index (χ4v) is 1.79. The number of carbonyl (C=O) groups excluding carboxylic acids is 1. The van der Waals surface area contributed by atoms with Crippen molar-refractivity contribution in [3.8, 4) is 0 Å². The Morgan fingerprint density at radius 3 is 2.95 bits per heavy atom. The number of aromatic amines is 1. The fraction of sp³-hybridized carbons (Fsp3) is 0.231. The molecule has 0 fully saturated rings. The largest absolute Gasteiger partial charge is 0.352 e. The lowest BCUT2D eigenvalue weighted by Crippen LogP contribution is -2.25. The summed E-state index contributed by atoms with van der Waals surface area (Å²) < 4.78 is 13.2. The van der Waals surface area contributed by atoms with Crippen LogP contribution in [0.5, 0.6) is 0 Å². The number of nitro benzene ring substituents is 1. The molecule has 1 aromatic carbocycles. The van der Waals surface area contributed by atoms with Gasteiger partial charge in [-0.1, -0.05) is 0 Å². The van der Waals surface area contributed by atoms with Gasteiger partial charge in [0, 0.05) is 37.0 Å². The fourth-order valence-electron chi connectivity index (χ4n) is 1.79. The average molecular weight is 292 g/mol. The van der Waals surface area contributed by atoms with Gasteiger partial charge >= 0.3 is 5.69 Å². The number of benzene rings is 1. The molecule has 21 heavy (non-hydrogen) atoms. The Balaban J connectivity index is 1.88. The molecule has 2 N–H and O–H groups in total. The monoisotopic (exact) mass is 292 g/mol. The molecule has 0 aliphatic carbocycles. The van der Waals surface area contributed by atoms with Crippen molar-refractivity contribution in [3.63, 3.8) is 0 Å². The lowest BCUT2D eigenvalue weighted by molar-refractivity contribution is -0.387. The van der Waals surface area contributed by atoms with Gasteiger partial charge in [-0.05, 0) is 18.6 Å². The molecule has 0 radical (unpaired) electrons. The number of aryl methyl sites for hydroxylation is 1. The smallest absolute Gasteiger partial charge is 0.305 e. The van der Waals surface area contributed by atoms with E-state index in [1.807, 2.05) is 0 Å². The van der Waals surface area contributed by atoms with Crippen molar-refractivity contribution in [1.82, 2.24) is 15.3 Å². The molecule has 0 atom stereocenters. The Kier molecular flexibility index (Phi) is 4.60. The van der Waals surface area contributed by atoms with Crippen LogP contribution in [-0.4, -0.2) is 27.3 Å². The molecule has 0 aliphatic rings. The summed E-state index contributed by atoms with van der Waals surface area (Å²) in [5.74, 6) is -0.617. The van der Waals surface area contributed by atoms with E-state index in [4.69, 9.17) is 0 Å². The Hall–Kier alpha value is -2.77. The Bertz CT molecular complexity index is 643. The van der Waals surface area contributed by atoms with Gasteiger partial charge in [0.25, 0.3) is 5.91 Å². The molecule has 0 saturated heterocycles. The summed E-state index contributed by atoms with van der Waals surface area (Å²) in [6, 6.07) is 3.05. The van der Waals surface area contributed by atoms with Gasteiger partial charge < -0.3 is 10.3 Å². The highest BCUT2D eigenvalue weighted by molar-refractivity contribution is 5.94. The van der Waals surface area contributed by atoms with Crippen LogP contribution in [0.4, 0.5) is 10.1 Å². The molecule has 1 aromatic heterocycles. The van der Waals surface area contributed by atoms with Crippen molar-refractivity contribution in [3.05, 3.63) is 57.9 Å². The van der Waals surface area contributed by atoms with Crippen LogP contribution in [0.1, 0.15) is 22.6 Å². The SMILES string of the molecule is O=C(NCCCc1ncc[nH]1)c1ccc(F)c([N+](=O)[O-])c1. The van der Waals surface area contributed by atoms with Crippen LogP contribution >= 0.6 is 0 Å². The van der Waals surface area contributed by atoms with Crippen LogP contribution in [0.15, 0.2) is 30.6 Å². The maximum atomic E-state index is 13.2. The van der Waals surface area contributed by atoms with E-state index in [9.17, 15) is 19.3 Å². The highest BCUT2D eigenvalue weighted by Gasteiger charge is 2.17. The minimum Gasteiger partial charge on any atom is -0.352 e. The predicted molar refractivity (Wildman–Crippen MR) is 72.3 cm³/mol. The van der Waals surface area contributed by atoms with Gasteiger partial charge in [-0.2, -0.15) is 4.39 Å². The number of nitrogens with zero attached hydrogens (tertiary/aromatic N) is 2. The molecule has 0 spiro atoms. The maximum absolute atomic E-state index is 13.2. The topological polar surface area (TPSA) is 101 Å². The summed E-state index contributed by atoms with van der Waals surface area (Å²) in [6.45, 7) is 0.394. The summed E-state index contributed by atoms with van der Waals surface area (Å²) in [7, 11) is 0. The highest BCUT2D eigenvalue weighted by atomic mass is 19.1. The van der Waals surface area contributed by atoms with Crippen LogP contribution in [0, 0.1) is 15.9 Å². The van der Waals surface area contributed by atoms with Crippen molar-refractivity contribution in [2.24, 2.45) is 0 Å². The molecule has 2 aromatic rings. The van der Waals surface area contributed by atoms with E-state index in [0.717, 1.165) is 18.0 Å². The summed E-state index contributed by atoms with van der Waals surface area (Å²) in [6.07, 6.45) is 4.70. The minimum absolute atomic E-state index is 0.0566. The number of H-pyrrole nitrogens is 1. The van der Waals surface area contributed by atoms with E-state index in [0.29, 0.717) is 19.4 Å². The van der Waals surface area contributed by atoms with Gasteiger partial charge in [0.15, 0.2) is 0 Å². The Morgan fingerprint density at radius 2 is 2.29 bits per heavy atom. The predicted octanol–water partition coefficient (Wildman–Crippen LogP) is 1.82. The van der Waals surface area contributed by atoms with E-state index in [-0.39, 0.29) is 5.56 Å². The summed E-state index contributed by atoms with van der Waals surface area (Å²) in [5.41, 5.74) is -0.653. The number of nitrogens with one attached hydrogen (secondary N) is 2. The standard InChI is InChI=1S/C13H13FN4O3/c14-10-4-3-9(8-11(10)18(20)21)13(19)17-5-1-2-12-15-6-7-16-12/h3-4,6-8H,1-2,5H2,(H,15,16)(H,17,19). The average Bonchev–Trinajstić information content (AvgIpc) is 2.96. The van der Waals surface area contributed by atoms with Gasteiger partial charge in [0.1, 0.15) is 5.82 Å². The molecule has 0 bridgehead atoms. The second-order valence-corrected chi connectivity index (χ2v) is 4.32. The van der Waals surface area contributed by atoms with Crippen LogP contribution in [0.3, 0.4) is 0 Å². The molecular weight excluding hydrogens is 279 g/mol. The Labute approximate surface area is 119 Å². The molecule has 1 amide bonds. The number of carbonyl (C=O) groups is 1. The molecule has 7 nitrogen and oxygen atoms in total. The number of aromatic nitrogens is 2. The van der Waals surface area contributed by atoms with Crippen LogP contribution in [0.25, 0.3) is 0 Å². The number of halogens is 1. The summed E-state index contributed by atoms with van der Waals surface area (Å²) in [5, 5.41) is 13.2. The van der Waals surface area contributed by atoms with E-state index < -0.39 is 22.3 Å². The van der Waals surface area contributed by atoms with Crippen LogP contribution < -0.4 is 5.32 Å². The third-order valence-electron chi connectivity index (χ3n) is 2.84.